The molecule has 6 heteroatoms. The maximum atomic E-state index is 12.5. The number of aryl methyl sites for hydroxylation is 1. The monoisotopic (exact) mass is 372 g/mol. The summed E-state index contributed by atoms with van der Waals surface area (Å²) in [5, 5.41) is 0.379. The van der Waals surface area contributed by atoms with E-state index in [9.17, 15) is 8.42 Å². The second kappa shape index (κ2) is 7.35. The number of hydrogen-bond acceptors (Lipinski definition) is 3. The van der Waals surface area contributed by atoms with Crippen LogP contribution in [0.15, 0.2) is 71.8 Å². The van der Waals surface area contributed by atoms with Crippen molar-refractivity contribution < 1.29 is 8.42 Å². The average molecular weight is 373 g/mol. The van der Waals surface area contributed by atoms with Gasteiger partial charge in [0.2, 0.25) is 10.0 Å². The molecule has 0 spiro atoms. The lowest BCUT2D eigenvalue weighted by Crippen LogP contribution is -2.23. The third kappa shape index (κ3) is 4.25. The first-order valence-electron chi connectivity index (χ1n) is 7.72. The number of aromatic nitrogens is 1. The topological polar surface area (TPSA) is 59.1 Å². The molecule has 1 heterocycles. The van der Waals surface area contributed by atoms with Gasteiger partial charge in [-0.05, 0) is 42.8 Å². The van der Waals surface area contributed by atoms with E-state index < -0.39 is 10.0 Å². The maximum absolute atomic E-state index is 12.5. The zero-order valence-electron chi connectivity index (χ0n) is 13.6. The second-order valence-electron chi connectivity index (χ2n) is 5.66. The molecule has 2 aromatic carbocycles. The number of nitrogens with zero attached hydrogens (tertiary/aromatic N) is 1. The van der Waals surface area contributed by atoms with E-state index in [-0.39, 0.29) is 11.4 Å². The Morgan fingerprint density at radius 1 is 1.04 bits per heavy atom. The fraction of sp³-hybridized carbons (Fsp3) is 0.105. The fourth-order valence-electron chi connectivity index (χ4n) is 2.52. The molecule has 1 N–H and O–H groups in total. The molecule has 3 rings (SSSR count). The molecule has 0 atom stereocenters. The van der Waals surface area contributed by atoms with Gasteiger partial charge >= 0.3 is 0 Å². The lowest BCUT2D eigenvalue weighted by atomic mass is 10.0. The van der Waals surface area contributed by atoms with Crippen molar-refractivity contribution in [2.45, 2.75) is 18.4 Å². The van der Waals surface area contributed by atoms with Gasteiger partial charge in [-0.2, -0.15) is 0 Å². The second-order valence-corrected chi connectivity index (χ2v) is 7.87. The minimum Gasteiger partial charge on any atom is -0.256 e. The van der Waals surface area contributed by atoms with Gasteiger partial charge in [0.15, 0.2) is 0 Å². The van der Waals surface area contributed by atoms with Gasteiger partial charge in [0.1, 0.15) is 0 Å². The SMILES string of the molecule is Cc1cccc(-c2ncccc2CNS(=O)(=O)c2cccc(Cl)c2)c1. The maximum Gasteiger partial charge on any atom is 0.240 e. The Labute approximate surface area is 152 Å². The summed E-state index contributed by atoms with van der Waals surface area (Å²) in [7, 11) is -3.65. The highest BCUT2D eigenvalue weighted by molar-refractivity contribution is 7.89. The summed E-state index contributed by atoms with van der Waals surface area (Å²) in [5.74, 6) is 0. The summed E-state index contributed by atoms with van der Waals surface area (Å²) in [6, 6.07) is 17.8. The Balaban J connectivity index is 1.87. The molecule has 3 aromatic rings. The average Bonchev–Trinajstić information content (AvgIpc) is 2.60. The van der Waals surface area contributed by atoms with Crippen molar-refractivity contribution in [1.82, 2.24) is 9.71 Å². The number of halogens is 1. The molecular formula is C19H17ClN2O2S. The van der Waals surface area contributed by atoms with Crippen molar-refractivity contribution in [2.75, 3.05) is 0 Å². The lowest BCUT2D eigenvalue weighted by Gasteiger charge is -2.11. The van der Waals surface area contributed by atoms with E-state index in [0.717, 1.165) is 22.4 Å². The summed E-state index contributed by atoms with van der Waals surface area (Å²) in [6.07, 6.45) is 1.70. The molecule has 0 unspecified atom stereocenters. The molecule has 0 aliphatic carbocycles. The minimum atomic E-state index is -3.65. The Morgan fingerprint density at radius 2 is 1.84 bits per heavy atom. The fourth-order valence-corrected chi connectivity index (χ4v) is 3.83. The van der Waals surface area contributed by atoms with Crippen LogP contribution in [0, 0.1) is 6.92 Å². The van der Waals surface area contributed by atoms with E-state index in [0.29, 0.717) is 5.02 Å². The summed E-state index contributed by atoms with van der Waals surface area (Å²) < 4.78 is 27.6. The van der Waals surface area contributed by atoms with Crippen molar-refractivity contribution >= 4 is 21.6 Å². The lowest BCUT2D eigenvalue weighted by molar-refractivity contribution is 0.581. The molecule has 0 radical (unpaired) electrons. The molecule has 0 aliphatic heterocycles. The third-order valence-corrected chi connectivity index (χ3v) is 5.38. The third-order valence-electron chi connectivity index (χ3n) is 3.74. The van der Waals surface area contributed by atoms with Crippen molar-refractivity contribution in [3.05, 3.63) is 83.0 Å². The van der Waals surface area contributed by atoms with E-state index in [4.69, 9.17) is 11.6 Å². The molecule has 0 saturated heterocycles. The van der Waals surface area contributed by atoms with Crippen LogP contribution >= 0.6 is 11.6 Å². The highest BCUT2D eigenvalue weighted by Crippen LogP contribution is 2.23. The summed E-state index contributed by atoms with van der Waals surface area (Å²) in [6.45, 7) is 2.15. The zero-order valence-corrected chi connectivity index (χ0v) is 15.2. The van der Waals surface area contributed by atoms with Crippen LogP contribution in [0.25, 0.3) is 11.3 Å². The molecule has 0 aliphatic rings. The first-order valence-corrected chi connectivity index (χ1v) is 9.58. The quantitative estimate of drug-likeness (QED) is 0.730. The van der Waals surface area contributed by atoms with Crippen LogP contribution in [-0.4, -0.2) is 13.4 Å². The molecule has 0 amide bonds. The van der Waals surface area contributed by atoms with Gasteiger partial charge in [-0.3, -0.25) is 4.98 Å². The van der Waals surface area contributed by atoms with Crippen molar-refractivity contribution in [3.63, 3.8) is 0 Å². The van der Waals surface area contributed by atoms with Gasteiger partial charge < -0.3 is 0 Å². The van der Waals surface area contributed by atoms with E-state index in [1.807, 2.05) is 37.3 Å². The summed E-state index contributed by atoms with van der Waals surface area (Å²) in [5.41, 5.74) is 3.64. The highest BCUT2D eigenvalue weighted by Gasteiger charge is 2.15. The van der Waals surface area contributed by atoms with Crippen LogP contribution in [0.3, 0.4) is 0 Å². The van der Waals surface area contributed by atoms with Gasteiger partial charge in [-0.1, -0.05) is 47.5 Å². The Bertz CT molecular complexity index is 1000. The van der Waals surface area contributed by atoms with Crippen LogP contribution in [-0.2, 0) is 16.6 Å². The molecule has 0 saturated carbocycles. The minimum absolute atomic E-state index is 0.140. The summed E-state index contributed by atoms with van der Waals surface area (Å²) in [4.78, 5) is 4.56. The molecular weight excluding hydrogens is 356 g/mol. The standard InChI is InChI=1S/C19H17ClN2O2S/c1-14-5-2-6-15(11-14)19-16(7-4-10-21-19)13-22-25(23,24)18-9-3-8-17(20)12-18/h2-12,22H,13H2,1H3. The number of sulfonamides is 1. The van der Waals surface area contributed by atoms with E-state index in [1.54, 1.807) is 24.4 Å². The number of benzene rings is 2. The number of nitrogens with one attached hydrogen (secondary N) is 1. The van der Waals surface area contributed by atoms with Gasteiger partial charge in [-0.15, -0.1) is 0 Å². The van der Waals surface area contributed by atoms with Crippen molar-refractivity contribution in [2.24, 2.45) is 0 Å². The predicted octanol–water partition coefficient (Wildman–Crippen LogP) is 4.19. The zero-order chi connectivity index (χ0) is 17.9. The van der Waals surface area contributed by atoms with Crippen LogP contribution in [0.1, 0.15) is 11.1 Å². The van der Waals surface area contributed by atoms with Crippen molar-refractivity contribution in [3.8, 4) is 11.3 Å². The normalized spacial score (nSPS) is 11.4. The largest absolute Gasteiger partial charge is 0.256 e. The van der Waals surface area contributed by atoms with Crippen molar-refractivity contribution in [1.29, 1.82) is 0 Å². The Morgan fingerprint density at radius 3 is 2.60 bits per heavy atom. The predicted molar refractivity (Wildman–Crippen MR) is 99.9 cm³/mol. The summed E-state index contributed by atoms with van der Waals surface area (Å²) >= 11 is 5.89. The molecule has 0 bridgehead atoms. The van der Waals surface area contributed by atoms with E-state index in [2.05, 4.69) is 9.71 Å². The Kier molecular flexibility index (Phi) is 5.18. The van der Waals surface area contributed by atoms with Gasteiger partial charge in [0.25, 0.3) is 0 Å². The van der Waals surface area contributed by atoms with Gasteiger partial charge in [0.05, 0.1) is 10.6 Å². The van der Waals surface area contributed by atoms with Crippen LogP contribution in [0.2, 0.25) is 5.02 Å². The molecule has 1 aromatic heterocycles. The molecule has 0 fully saturated rings. The van der Waals surface area contributed by atoms with Gasteiger partial charge in [-0.25, -0.2) is 13.1 Å². The van der Waals surface area contributed by atoms with Crippen LogP contribution < -0.4 is 4.72 Å². The van der Waals surface area contributed by atoms with E-state index in [1.165, 1.54) is 12.1 Å². The molecule has 128 valence electrons. The Hall–Kier alpha value is -2.21. The van der Waals surface area contributed by atoms with Crippen LogP contribution in [0.5, 0.6) is 0 Å². The smallest absolute Gasteiger partial charge is 0.240 e. The highest BCUT2D eigenvalue weighted by atomic mass is 35.5. The first kappa shape index (κ1) is 17.6. The van der Waals surface area contributed by atoms with Gasteiger partial charge in [0, 0.05) is 23.3 Å². The molecule has 25 heavy (non-hydrogen) atoms. The first-order chi connectivity index (χ1) is 12.0. The van der Waals surface area contributed by atoms with Crippen LogP contribution in [0.4, 0.5) is 0 Å². The number of hydrogen-bond donors (Lipinski definition) is 1. The number of pyridine rings is 1. The number of rotatable bonds is 5. The van der Waals surface area contributed by atoms with E-state index >= 15 is 0 Å². The molecule has 4 nitrogen and oxygen atoms in total.